The van der Waals surface area contributed by atoms with Gasteiger partial charge in [0.1, 0.15) is 11.3 Å². The predicted octanol–water partition coefficient (Wildman–Crippen LogP) is 2.44. The van der Waals surface area contributed by atoms with E-state index in [0.717, 1.165) is 10.4 Å². The maximum atomic E-state index is 12.1. The fourth-order valence-corrected chi connectivity index (χ4v) is 2.80. The third-order valence-electron chi connectivity index (χ3n) is 3.16. The zero-order valence-electron chi connectivity index (χ0n) is 13.3. The lowest BCUT2D eigenvalue weighted by atomic mass is 10.1. The largest absolute Gasteiger partial charge is 0.507 e. The number of Topliss-reactive ketones (excluding diaryl/α,β-unsaturated/α-hetero) is 1. The maximum absolute atomic E-state index is 12.1. The first-order valence-corrected chi connectivity index (χ1v) is 8.01. The van der Waals surface area contributed by atoms with E-state index in [9.17, 15) is 19.5 Å². The van der Waals surface area contributed by atoms with Gasteiger partial charge in [-0.2, -0.15) is 0 Å². The van der Waals surface area contributed by atoms with Crippen LogP contribution >= 0.6 is 11.3 Å². The number of nitrogens with one attached hydrogen (secondary N) is 1. The predicted molar refractivity (Wildman–Crippen MR) is 89.3 cm³/mol. The van der Waals surface area contributed by atoms with Crippen LogP contribution < -0.4 is 5.32 Å². The fourth-order valence-electron chi connectivity index (χ4n) is 1.93. The van der Waals surface area contributed by atoms with Crippen molar-refractivity contribution >= 4 is 29.0 Å². The number of ketones is 1. The molecular formula is C17H17NO5S. The van der Waals surface area contributed by atoms with Crippen molar-refractivity contribution in [2.24, 2.45) is 0 Å². The van der Waals surface area contributed by atoms with Crippen molar-refractivity contribution in [3.8, 4) is 5.75 Å². The number of aryl methyl sites for hydroxylation is 1. The smallest absolute Gasteiger partial charge is 0.342 e. The summed E-state index contributed by atoms with van der Waals surface area (Å²) in [6.07, 6.45) is 0. The summed E-state index contributed by atoms with van der Waals surface area (Å²) in [6.45, 7) is 3.14. The van der Waals surface area contributed by atoms with Crippen molar-refractivity contribution in [3.63, 3.8) is 0 Å². The Bertz CT molecular complexity index is 781. The molecular weight excluding hydrogens is 330 g/mol. The quantitative estimate of drug-likeness (QED) is 0.618. The SMILES string of the molecule is CC(=O)NCc1ccc(C(=O)COC(=O)c2ccc(C)cc2O)s1. The van der Waals surface area contributed by atoms with Crippen molar-refractivity contribution in [2.45, 2.75) is 20.4 Å². The minimum absolute atomic E-state index is 0.0194. The molecule has 1 amide bonds. The van der Waals surface area contributed by atoms with Gasteiger partial charge in [-0.05, 0) is 36.8 Å². The Kier molecular flexibility index (Phi) is 5.70. The summed E-state index contributed by atoms with van der Waals surface area (Å²) in [6, 6.07) is 7.94. The number of amides is 1. The number of carbonyl (C=O) groups excluding carboxylic acids is 3. The molecule has 2 N–H and O–H groups in total. The summed E-state index contributed by atoms with van der Waals surface area (Å²) in [5.41, 5.74) is 0.830. The van der Waals surface area contributed by atoms with E-state index in [-0.39, 0.29) is 23.0 Å². The molecule has 0 unspecified atom stereocenters. The van der Waals surface area contributed by atoms with Crippen molar-refractivity contribution in [2.75, 3.05) is 6.61 Å². The van der Waals surface area contributed by atoms with Gasteiger partial charge in [-0.1, -0.05) is 6.07 Å². The van der Waals surface area contributed by atoms with Gasteiger partial charge >= 0.3 is 5.97 Å². The topological polar surface area (TPSA) is 92.7 Å². The van der Waals surface area contributed by atoms with Crippen LogP contribution in [-0.2, 0) is 16.1 Å². The van der Waals surface area contributed by atoms with E-state index >= 15 is 0 Å². The first-order chi connectivity index (χ1) is 11.4. The van der Waals surface area contributed by atoms with E-state index in [1.165, 1.54) is 30.4 Å². The van der Waals surface area contributed by atoms with E-state index in [4.69, 9.17) is 4.74 Å². The number of ether oxygens (including phenoxy) is 1. The van der Waals surface area contributed by atoms with E-state index in [2.05, 4.69) is 5.32 Å². The van der Waals surface area contributed by atoms with Gasteiger partial charge in [0.2, 0.25) is 11.7 Å². The van der Waals surface area contributed by atoms with Crippen LogP contribution in [0.2, 0.25) is 0 Å². The first kappa shape index (κ1) is 17.7. The van der Waals surface area contributed by atoms with E-state index in [1.54, 1.807) is 25.1 Å². The molecule has 7 heteroatoms. The summed E-state index contributed by atoms with van der Waals surface area (Å²) in [7, 11) is 0. The molecule has 6 nitrogen and oxygen atoms in total. The van der Waals surface area contributed by atoms with Crippen molar-refractivity contribution in [1.82, 2.24) is 5.32 Å². The van der Waals surface area contributed by atoms with Crippen molar-refractivity contribution < 1.29 is 24.2 Å². The fraction of sp³-hybridized carbons (Fsp3) is 0.235. The molecule has 0 aliphatic carbocycles. The molecule has 1 aromatic heterocycles. The molecule has 0 bridgehead atoms. The third kappa shape index (κ3) is 4.66. The molecule has 0 aliphatic rings. The molecule has 0 fully saturated rings. The minimum atomic E-state index is -0.754. The number of esters is 1. The van der Waals surface area contributed by atoms with Crippen molar-refractivity contribution in [3.05, 3.63) is 51.2 Å². The Morgan fingerprint density at radius 1 is 1.21 bits per heavy atom. The summed E-state index contributed by atoms with van der Waals surface area (Å²) < 4.78 is 4.96. The lowest BCUT2D eigenvalue weighted by Gasteiger charge is -2.06. The van der Waals surface area contributed by atoms with Gasteiger partial charge < -0.3 is 15.2 Å². The number of carbonyl (C=O) groups is 3. The average Bonchev–Trinajstić information content (AvgIpc) is 2.99. The highest BCUT2D eigenvalue weighted by molar-refractivity contribution is 7.14. The molecule has 0 spiro atoms. The highest BCUT2D eigenvalue weighted by Gasteiger charge is 2.16. The molecule has 0 saturated heterocycles. The van der Waals surface area contributed by atoms with E-state index < -0.39 is 12.6 Å². The second kappa shape index (κ2) is 7.74. The van der Waals surface area contributed by atoms with Gasteiger partial charge in [-0.3, -0.25) is 9.59 Å². The van der Waals surface area contributed by atoms with Crippen LogP contribution in [0.25, 0.3) is 0 Å². The average molecular weight is 347 g/mol. The Hall–Kier alpha value is -2.67. The van der Waals surface area contributed by atoms with E-state index in [1.807, 2.05) is 0 Å². The second-order valence-corrected chi connectivity index (χ2v) is 6.36. The van der Waals surface area contributed by atoms with Crippen molar-refractivity contribution in [1.29, 1.82) is 0 Å². The monoisotopic (exact) mass is 347 g/mol. The van der Waals surface area contributed by atoms with Crippen LogP contribution in [0.1, 0.15) is 37.4 Å². The van der Waals surface area contributed by atoms with Gasteiger partial charge in [-0.25, -0.2) is 4.79 Å². The number of hydrogen-bond acceptors (Lipinski definition) is 6. The number of phenols is 1. The number of phenolic OH excluding ortho intramolecular Hbond substituents is 1. The lowest BCUT2D eigenvalue weighted by molar-refractivity contribution is -0.119. The molecule has 24 heavy (non-hydrogen) atoms. The van der Waals surface area contributed by atoms with Gasteiger partial charge in [0.05, 0.1) is 11.4 Å². The molecule has 0 aliphatic heterocycles. The number of aromatic hydroxyl groups is 1. The molecule has 1 heterocycles. The highest BCUT2D eigenvalue weighted by Crippen LogP contribution is 2.20. The Labute approximate surface area is 143 Å². The van der Waals surface area contributed by atoms with Crippen LogP contribution in [0, 0.1) is 6.92 Å². The van der Waals surface area contributed by atoms with Crippen LogP contribution in [-0.4, -0.2) is 29.4 Å². The van der Waals surface area contributed by atoms with Gasteiger partial charge in [-0.15, -0.1) is 11.3 Å². The number of hydrogen-bond donors (Lipinski definition) is 2. The molecule has 0 saturated carbocycles. The molecule has 0 radical (unpaired) electrons. The van der Waals surface area contributed by atoms with Crippen LogP contribution in [0.4, 0.5) is 0 Å². The zero-order chi connectivity index (χ0) is 17.7. The molecule has 2 aromatic rings. The van der Waals surface area contributed by atoms with Crippen LogP contribution in [0.5, 0.6) is 5.75 Å². The normalized spacial score (nSPS) is 10.2. The first-order valence-electron chi connectivity index (χ1n) is 7.20. The summed E-state index contributed by atoms with van der Waals surface area (Å²) >= 11 is 1.23. The second-order valence-electron chi connectivity index (χ2n) is 5.20. The summed E-state index contributed by atoms with van der Waals surface area (Å²) in [5.74, 6) is -1.42. The Balaban J connectivity index is 1.93. The number of benzene rings is 1. The standard InChI is InChI=1S/C17H17NO5S/c1-10-3-5-13(14(20)7-10)17(22)23-9-15(21)16-6-4-12(24-16)8-18-11(2)19/h3-7,20H,8-9H2,1-2H3,(H,18,19). The molecule has 126 valence electrons. The molecule has 2 rings (SSSR count). The van der Waals surface area contributed by atoms with Gasteiger partial charge in [0.25, 0.3) is 0 Å². The number of rotatable bonds is 6. The zero-order valence-corrected chi connectivity index (χ0v) is 14.1. The Morgan fingerprint density at radius 2 is 1.96 bits per heavy atom. The van der Waals surface area contributed by atoms with E-state index in [0.29, 0.717) is 11.4 Å². The van der Waals surface area contributed by atoms with Gasteiger partial charge in [0.15, 0.2) is 6.61 Å². The van der Waals surface area contributed by atoms with Gasteiger partial charge in [0, 0.05) is 11.8 Å². The molecule has 1 aromatic carbocycles. The Morgan fingerprint density at radius 3 is 2.62 bits per heavy atom. The summed E-state index contributed by atoms with van der Waals surface area (Å²) in [5, 5.41) is 12.4. The third-order valence-corrected chi connectivity index (χ3v) is 4.28. The van der Waals surface area contributed by atoms with Crippen LogP contribution in [0.3, 0.4) is 0 Å². The summed E-state index contributed by atoms with van der Waals surface area (Å²) in [4.78, 5) is 36.1. The number of thiophene rings is 1. The lowest BCUT2D eigenvalue weighted by Crippen LogP contribution is -2.18. The maximum Gasteiger partial charge on any atom is 0.342 e. The van der Waals surface area contributed by atoms with Crippen LogP contribution in [0.15, 0.2) is 30.3 Å². The molecule has 0 atom stereocenters. The highest BCUT2D eigenvalue weighted by atomic mass is 32.1. The minimum Gasteiger partial charge on any atom is -0.507 e.